The van der Waals surface area contributed by atoms with Gasteiger partial charge >= 0.3 is 5.97 Å². The van der Waals surface area contributed by atoms with E-state index in [4.69, 9.17) is 57.2 Å². The zero-order chi connectivity index (χ0) is 57.0. The van der Waals surface area contributed by atoms with Gasteiger partial charge in [0.05, 0.1) is 67.6 Å². The first-order valence-corrected chi connectivity index (χ1v) is 26.6. The summed E-state index contributed by atoms with van der Waals surface area (Å²) in [4.78, 5) is 38.0. The monoisotopic (exact) mass is 1090 g/mol. The summed E-state index contributed by atoms with van der Waals surface area (Å²) in [5, 5.41) is 56.3. The number of allylic oxidation sites excluding steroid dienone is 9. The molecule has 77 heavy (non-hydrogen) atoms. The number of hydrogen-bond acceptors (Lipinski definition) is 18. The third kappa shape index (κ3) is 19.2. The Kier molecular flexibility index (Phi) is 27.2. The van der Waals surface area contributed by atoms with Crippen LogP contribution in [-0.4, -0.2) is 189 Å². The highest BCUT2D eigenvalue weighted by molar-refractivity contribution is 5.82. The lowest BCUT2D eigenvalue weighted by Gasteiger charge is -2.50. The van der Waals surface area contributed by atoms with Gasteiger partial charge in [0.2, 0.25) is 5.91 Å². The van der Waals surface area contributed by atoms with Crippen LogP contribution >= 0.6 is 0 Å². The van der Waals surface area contributed by atoms with Crippen LogP contribution in [0.3, 0.4) is 0 Å². The number of carbonyl (C=O) groups is 3. The lowest BCUT2D eigenvalue weighted by Crippen LogP contribution is -2.62. The first kappa shape index (κ1) is 65.7. The molecule has 4 fully saturated rings. The second kappa shape index (κ2) is 31.8. The molecule has 0 bridgehead atoms. The topological polar surface area (TPSA) is 266 Å². The molecular formula is C57H89NO19. The molecule has 0 spiro atoms. The number of rotatable bonds is 28. The van der Waals surface area contributed by atoms with Gasteiger partial charge in [0.25, 0.3) is 0 Å². The zero-order valence-corrected chi connectivity index (χ0v) is 47.0. The molecule has 4 saturated heterocycles. The van der Waals surface area contributed by atoms with Crippen molar-refractivity contribution in [2.45, 2.75) is 198 Å². The van der Waals surface area contributed by atoms with Crippen molar-refractivity contribution < 1.29 is 92.0 Å². The lowest BCUT2D eigenvalue weighted by atomic mass is 9.73. The highest BCUT2D eigenvalue weighted by Gasteiger charge is 2.55. The summed E-state index contributed by atoms with van der Waals surface area (Å²) in [6, 6.07) is 0. The molecule has 4 aliphatic rings. The smallest absolute Gasteiger partial charge is 0.328 e. The molecule has 436 valence electrons. The van der Waals surface area contributed by atoms with Crippen LogP contribution in [0.1, 0.15) is 93.9 Å². The predicted octanol–water partition coefficient (Wildman–Crippen LogP) is 4.93. The molecule has 20 nitrogen and oxygen atoms in total. The molecule has 1 amide bonds. The summed E-state index contributed by atoms with van der Waals surface area (Å²) in [7, 11) is 6.19. The second-order valence-electron chi connectivity index (χ2n) is 20.9. The minimum Gasteiger partial charge on any atom is -0.478 e. The van der Waals surface area contributed by atoms with Crippen LogP contribution < -0.4 is 5.32 Å². The zero-order valence-electron chi connectivity index (χ0n) is 47.0. The highest BCUT2D eigenvalue weighted by Crippen LogP contribution is 2.44. The second-order valence-corrected chi connectivity index (χ2v) is 20.9. The van der Waals surface area contributed by atoms with Gasteiger partial charge in [-0.2, -0.15) is 0 Å². The van der Waals surface area contributed by atoms with E-state index in [0.29, 0.717) is 12.8 Å². The standard InChI is InChI=1S/C57H89NO19/c1-13-14-18-25-46-56(7,8)45(61)32-57(66,77-46)40(55(65)58-27-22-21-23-34(2)52(70-12)35(3)41(60)28-39(59)24-19-16-15-17-20-26-47(62)63)33-71-48-30-43(68-10)53(37(5)73-48)76-50-31-44(69-11)54(38(6)74-50)75-49-29-42(67-9)51(64)36(4)72-49/h13-23,25-26,35-40,42-46,48-54,59,61,64,66H,24,27-33H2,1-12H3,(H,58,65)(H,62,63)/b14-13-,17-15+,19-16+,22-21+,25-18+,26-20+,34-23+/t35?,36-,37-,38-,39?,40+,42-,43-,44+,45-,46-,48+,49-,50+,51+,52?,53+,54-,57-/m0/s1. The molecular weight excluding hydrogens is 1000 g/mol. The van der Waals surface area contributed by atoms with Gasteiger partial charge in [0, 0.05) is 84.5 Å². The molecule has 4 heterocycles. The maximum Gasteiger partial charge on any atom is 0.328 e. The Morgan fingerprint density at radius 2 is 1.36 bits per heavy atom. The number of carboxylic acid groups (broad SMARTS) is 1. The fraction of sp³-hybridized carbons (Fsp3) is 0.702. The Morgan fingerprint density at radius 1 is 0.779 bits per heavy atom. The van der Waals surface area contributed by atoms with Crippen molar-refractivity contribution in [3.63, 3.8) is 0 Å². The largest absolute Gasteiger partial charge is 0.478 e. The third-order valence-corrected chi connectivity index (χ3v) is 14.8. The summed E-state index contributed by atoms with van der Waals surface area (Å²) >= 11 is 0. The molecule has 6 N–H and O–H groups in total. The number of methoxy groups -OCH3 is 4. The average molecular weight is 1090 g/mol. The molecule has 0 aromatic heterocycles. The van der Waals surface area contributed by atoms with E-state index in [-0.39, 0.29) is 44.6 Å². The highest BCUT2D eigenvalue weighted by atomic mass is 16.7. The Hall–Kier alpha value is -3.81. The Labute approximate surface area is 455 Å². The number of nitrogens with one attached hydrogen (secondary N) is 1. The van der Waals surface area contributed by atoms with E-state index in [1.807, 2.05) is 47.6 Å². The van der Waals surface area contributed by atoms with Gasteiger partial charge in [-0.1, -0.05) is 93.7 Å². The number of ketones is 1. The van der Waals surface area contributed by atoms with Crippen LogP contribution in [0.4, 0.5) is 0 Å². The molecule has 0 aromatic carbocycles. The molecule has 20 heteroatoms. The maximum absolute atomic E-state index is 14.3. The first-order valence-electron chi connectivity index (χ1n) is 26.6. The number of carbonyl (C=O) groups excluding carboxylic acids is 2. The SMILES string of the molecule is C/C=C\C=C\[C@@H]1O[C@](O)([C@H](CO[C@H]2C[C@H](OC)[C@H](O[C@@H]3C[C@@H](OC)[C@@H](O[C@H]4C[C@H](OC)[C@H](O)[C@H](C)O4)[C@H](C)O3)[C@H](C)O2)C(=O)NC/C=C/C=C(\C)C(OC)C(C)C(=O)CC(O)C/C=C/C=C/C=C/C(=O)O)C[C@H](O)C1(C)C. The Balaban J connectivity index is 1.42. The number of Topliss-reactive ketones (excluding diaryl/α,β-unsaturated/α-hetero) is 1. The van der Waals surface area contributed by atoms with Gasteiger partial charge in [-0.25, -0.2) is 4.79 Å². The molecule has 3 unspecified atom stereocenters. The van der Waals surface area contributed by atoms with Gasteiger partial charge in [0.1, 0.15) is 30.0 Å². The van der Waals surface area contributed by atoms with Gasteiger partial charge in [0.15, 0.2) is 24.7 Å². The quantitative estimate of drug-likeness (QED) is 0.0448. The van der Waals surface area contributed by atoms with Crippen molar-refractivity contribution in [3.05, 3.63) is 84.6 Å². The van der Waals surface area contributed by atoms with E-state index < -0.39 is 133 Å². The van der Waals surface area contributed by atoms with Crippen LogP contribution in [0.25, 0.3) is 0 Å². The van der Waals surface area contributed by atoms with E-state index in [0.717, 1.165) is 11.6 Å². The fourth-order valence-electron chi connectivity index (χ4n) is 9.98. The number of aliphatic hydroxyl groups is 4. The maximum atomic E-state index is 14.3. The molecule has 0 aromatic rings. The van der Waals surface area contributed by atoms with Gasteiger partial charge < -0.3 is 83.0 Å². The predicted molar refractivity (Wildman–Crippen MR) is 284 cm³/mol. The van der Waals surface area contributed by atoms with Crippen molar-refractivity contribution in [1.82, 2.24) is 5.32 Å². The van der Waals surface area contributed by atoms with E-state index in [1.165, 1.54) is 13.2 Å². The van der Waals surface area contributed by atoms with Crippen LogP contribution in [0.5, 0.6) is 0 Å². The summed E-state index contributed by atoms with van der Waals surface area (Å²) in [6.07, 6.45) is 11.2. The average Bonchev–Trinajstić information content (AvgIpc) is 3.37. The van der Waals surface area contributed by atoms with Gasteiger partial charge in [-0.15, -0.1) is 0 Å². The van der Waals surface area contributed by atoms with Crippen molar-refractivity contribution in [3.8, 4) is 0 Å². The van der Waals surface area contributed by atoms with Crippen LogP contribution in [0.2, 0.25) is 0 Å². The number of carboxylic acids is 1. The van der Waals surface area contributed by atoms with Gasteiger partial charge in [-0.05, 0) is 46.6 Å². The van der Waals surface area contributed by atoms with E-state index in [1.54, 1.807) is 95.9 Å². The molecule has 0 aliphatic carbocycles. The number of aliphatic hydroxyl groups excluding tert-OH is 3. The summed E-state index contributed by atoms with van der Waals surface area (Å²) in [6.45, 7) is 14.2. The van der Waals surface area contributed by atoms with Crippen LogP contribution in [0, 0.1) is 17.3 Å². The van der Waals surface area contributed by atoms with Crippen molar-refractivity contribution in [1.29, 1.82) is 0 Å². The minimum atomic E-state index is -2.19. The third-order valence-electron chi connectivity index (χ3n) is 14.8. The van der Waals surface area contributed by atoms with Crippen LogP contribution in [-0.2, 0) is 66.5 Å². The number of hydrogen-bond donors (Lipinski definition) is 6. The van der Waals surface area contributed by atoms with Gasteiger partial charge in [-0.3, -0.25) is 9.59 Å². The Morgan fingerprint density at radius 3 is 1.96 bits per heavy atom. The van der Waals surface area contributed by atoms with Crippen molar-refractivity contribution in [2.75, 3.05) is 41.6 Å². The lowest BCUT2D eigenvalue weighted by molar-refractivity contribution is -0.341. The fourth-order valence-corrected chi connectivity index (χ4v) is 9.98. The van der Waals surface area contributed by atoms with Crippen molar-refractivity contribution in [2.24, 2.45) is 17.3 Å². The molecule has 0 saturated carbocycles. The summed E-state index contributed by atoms with van der Waals surface area (Å²) in [5.41, 5.74) is -0.109. The number of aliphatic carboxylic acids is 1. The number of ether oxygens (including phenoxy) is 11. The molecule has 4 rings (SSSR count). The van der Waals surface area contributed by atoms with Crippen molar-refractivity contribution >= 4 is 17.7 Å². The van der Waals surface area contributed by atoms with E-state index >= 15 is 0 Å². The number of amides is 1. The summed E-state index contributed by atoms with van der Waals surface area (Å²) < 4.78 is 67.3. The Bertz CT molecular complexity index is 2050. The first-order chi connectivity index (χ1) is 36.5. The van der Waals surface area contributed by atoms with E-state index in [2.05, 4.69) is 5.32 Å². The normalized spacial score (nSPS) is 35.1. The molecule has 0 radical (unpaired) electrons. The summed E-state index contributed by atoms with van der Waals surface area (Å²) in [5.74, 6) is -5.99. The molecule has 4 aliphatic heterocycles. The molecule has 19 atom stereocenters. The van der Waals surface area contributed by atoms with Crippen LogP contribution in [0.15, 0.2) is 84.6 Å². The van der Waals surface area contributed by atoms with E-state index in [9.17, 15) is 34.8 Å². The minimum absolute atomic E-state index is 0.0249.